The SMILES string of the molecule is CC(=O)NCCOC(C)(C)CCOC(C)(C)CCNC(=O)CCN1C(=O)C=CC1=O. The number of hydrogen-bond donors (Lipinski definition) is 2. The van der Waals surface area contributed by atoms with Crippen LogP contribution in [-0.4, -0.2) is 72.6 Å². The summed E-state index contributed by atoms with van der Waals surface area (Å²) >= 11 is 0. The lowest BCUT2D eigenvalue weighted by Crippen LogP contribution is -2.37. The monoisotopic (exact) mass is 425 g/mol. The predicted molar refractivity (Wildman–Crippen MR) is 111 cm³/mol. The molecule has 4 amide bonds. The summed E-state index contributed by atoms with van der Waals surface area (Å²) < 4.78 is 11.7. The van der Waals surface area contributed by atoms with Gasteiger partial charge in [-0.1, -0.05) is 0 Å². The third kappa shape index (κ3) is 10.5. The molecule has 0 spiro atoms. The Morgan fingerprint density at radius 1 is 0.900 bits per heavy atom. The van der Waals surface area contributed by atoms with Crippen molar-refractivity contribution in [1.29, 1.82) is 0 Å². The minimum absolute atomic E-state index is 0.0739. The Balaban J connectivity index is 2.19. The van der Waals surface area contributed by atoms with Crippen LogP contribution >= 0.6 is 0 Å². The van der Waals surface area contributed by atoms with Crippen LogP contribution in [-0.2, 0) is 28.7 Å². The van der Waals surface area contributed by atoms with Gasteiger partial charge in [0.25, 0.3) is 11.8 Å². The van der Waals surface area contributed by atoms with Crippen molar-refractivity contribution >= 4 is 23.6 Å². The second-order valence-electron chi connectivity index (χ2n) is 8.46. The summed E-state index contributed by atoms with van der Waals surface area (Å²) in [4.78, 5) is 46.8. The number of nitrogens with one attached hydrogen (secondary N) is 2. The zero-order valence-corrected chi connectivity index (χ0v) is 18.7. The van der Waals surface area contributed by atoms with E-state index < -0.39 is 5.60 Å². The van der Waals surface area contributed by atoms with Gasteiger partial charge in [0.15, 0.2) is 0 Å². The van der Waals surface area contributed by atoms with Crippen LogP contribution in [0.1, 0.15) is 53.9 Å². The molecule has 0 saturated carbocycles. The van der Waals surface area contributed by atoms with Gasteiger partial charge >= 0.3 is 0 Å². The second-order valence-corrected chi connectivity index (χ2v) is 8.46. The van der Waals surface area contributed by atoms with E-state index >= 15 is 0 Å². The molecule has 30 heavy (non-hydrogen) atoms. The molecular weight excluding hydrogens is 390 g/mol. The minimum Gasteiger partial charge on any atom is -0.375 e. The van der Waals surface area contributed by atoms with Crippen molar-refractivity contribution in [2.45, 2.75) is 65.1 Å². The molecular formula is C21H35N3O6. The lowest BCUT2D eigenvalue weighted by atomic mass is 10.0. The van der Waals surface area contributed by atoms with Crippen LogP contribution in [0.4, 0.5) is 0 Å². The molecule has 0 aromatic rings. The van der Waals surface area contributed by atoms with Crippen molar-refractivity contribution < 1.29 is 28.7 Å². The van der Waals surface area contributed by atoms with Crippen LogP contribution in [0.2, 0.25) is 0 Å². The quantitative estimate of drug-likeness (QED) is 0.316. The number of imide groups is 1. The lowest BCUT2D eigenvalue weighted by molar-refractivity contribution is -0.137. The molecule has 0 atom stereocenters. The number of ether oxygens (including phenoxy) is 2. The lowest BCUT2D eigenvalue weighted by Gasteiger charge is -2.30. The molecule has 1 heterocycles. The van der Waals surface area contributed by atoms with E-state index in [2.05, 4.69) is 10.6 Å². The average Bonchev–Trinajstić information content (AvgIpc) is 2.94. The van der Waals surface area contributed by atoms with Crippen LogP contribution in [0.5, 0.6) is 0 Å². The molecule has 0 bridgehead atoms. The Labute approximate surface area is 178 Å². The van der Waals surface area contributed by atoms with E-state index in [-0.39, 0.29) is 42.2 Å². The van der Waals surface area contributed by atoms with Crippen LogP contribution in [0.3, 0.4) is 0 Å². The van der Waals surface area contributed by atoms with Gasteiger partial charge in [0, 0.05) is 45.1 Å². The van der Waals surface area contributed by atoms with Gasteiger partial charge in [0.05, 0.1) is 24.4 Å². The van der Waals surface area contributed by atoms with Gasteiger partial charge in [-0.05, 0) is 40.5 Å². The molecule has 0 aromatic carbocycles. The summed E-state index contributed by atoms with van der Waals surface area (Å²) in [5.41, 5.74) is -0.799. The maximum atomic E-state index is 11.9. The number of nitrogens with zero attached hydrogens (tertiary/aromatic N) is 1. The van der Waals surface area contributed by atoms with E-state index in [9.17, 15) is 19.2 Å². The van der Waals surface area contributed by atoms with Crippen molar-refractivity contribution in [3.8, 4) is 0 Å². The number of amides is 4. The fraction of sp³-hybridized carbons (Fsp3) is 0.714. The summed E-state index contributed by atoms with van der Waals surface area (Å²) in [5, 5.41) is 5.49. The van der Waals surface area contributed by atoms with Gasteiger partial charge < -0.3 is 20.1 Å². The highest BCUT2D eigenvalue weighted by atomic mass is 16.5. The fourth-order valence-corrected chi connectivity index (χ4v) is 2.73. The fourth-order valence-electron chi connectivity index (χ4n) is 2.73. The Bertz CT molecular complexity index is 639. The first-order chi connectivity index (χ1) is 13.9. The summed E-state index contributed by atoms with van der Waals surface area (Å²) in [6.45, 7) is 11.3. The normalized spacial score (nSPS) is 14.4. The molecule has 0 saturated heterocycles. The summed E-state index contributed by atoms with van der Waals surface area (Å²) in [7, 11) is 0. The van der Waals surface area contributed by atoms with Crippen molar-refractivity contribution in [1.82, 2.24) is 15.5 Å². The van der Waals surface area contributed by atoms with E-state index in [1.165, 1.54) is 19.1 Å². The van der Waals surface area contributed by atoms with Crippen molar-refractivity contribution in [2.75, 3.05) is 32.8 Å². The zero-order valence-electron chi connectivity index (χ0n) is 18.7. The molecule has 2 N–H and O–H groups in total. The van der Waals surface area contributed by atoms with Gasteiger partial charge in [-0.3, -0.25) is 24.1 Å². The Hall–Kier alpha value is -2.26. The number of carbonyl (C=O) groups is 4. The molecule has 1 aliphatic heterocycles. The highest BCUT2D eigenvalue weighted by Crippen LogP contribution is 2.19. The van der Waals surface area contributed by atoms with Gasteiger partial charge in [-0.15, -0.1) is 0 Å². The van der Waals surface area contributed by atoms with E-state index in [1.54, 1.807) is 0 Å². The van der Waals surface area contributed by atoms with E-state index in [4.69, 9.17) is 9.47 Å². The summed E-state index contributed by atoms with van der Waals surface area (Å²) in [6, 6.07) is 0. The first kappa shape index (κ1) is 25.8. The highest BCUT2D eigenvalue weighted by molar-refractivity contribution is 6.13. The smallest absolute Gasteiger partial charge is 0.253 e. The number of hydrogen-bond acceptors (Lipinski definition) is 6. The Kier molecular flexibility index (Phi) is 10.1. The van der Waals surface area contributed by atoms with E-state index in [1.807, 2.05) is 27.7 Å². The molecule has 1 rings (SSSR count). The second kappa shape index (κ2) is 11.8. The van der Waals surface area contributed by atoms with Gasteiger partial charge in [-0.2, -0.15) is 0 Å². The van der Waals surface area contributed by atoms with Crippen molar-refractivity contribution in [3.63, 3.8) is 0 Å². The molecule has 0 aliphatic carbocycles. The third-order valence-electron chi connectivity index (χ3n) is 4.68. The van der Waals surface area contributed by atoms with Gasteiger partial charge in [0.1, 0.15) is 0 Å². The number of rotatable bonds is 14. The van der Waals surface area contributed by atoms with Crippen LogP contribution in [0.25, 0.3) is 0 Å². The topological polar surface area (TPSA) is 114 Å². The molecule has 0 fully saturated rings. The Morgan fingerprint density at radius 2 is 1.47 bits per heavy atom. The van der Waals surface area contributed by atoms with E-state index in [0.29, 0.717) is 39.1 Å². The maximum absolute atomic E-state index is 11.9. The predicted octanol–water partition coefficient (Wildman–Crippen LogP) is 0.924. The van der Waals surface area contributed by atoms with Crippen molar-refractivity contribution in [3.05, 3.63) is 12.2 Å². The number of carbonyl (C=O) groups excluding carboxylic acids is 4. The summed E-state index contributed by atoms with van der Waals surface area (Å²) in [6.07, 6.45) is 3.79. The van der Waals surface area contributed by atoms with Crippen LogP contribution < -0.4 is 10.6 Å². The molecule has 9 nitrogen and oxygen atoms in total. The van der Waals surface area contributed by atoms with Crippen molar-refractivity contribution in [2.24, 2.45) is 0 Å². The Morgan fingerprint density at radius 3 is 2.07 bits per heavy atom. The molecule has 0 radical (unpaired) electrons. The highest BCUT2D eigenvalue weighted by Gasteiger charge is 2.25. The first-order valence-corrected chi connectivity index (χ1v) is 10.2. The molecule has 0 aromatic heterocycles. The zero-order chi connectivity index (χ0) is 22.8. The summed E-state index contributed by atoms with van der Waals surface area (Å²) in [5.74, 6) is -1.07. The molecule has 170 valence electrons. The van der Waals surface area contributed by atoms with Crippen LogP contribution in [0, 0.1) is 0 Å². The molecule has 0 unspecified atom stereocenters. The standard InChI is InChI=1S/C21H35N3O6/c1-16(25)22-12-15-30-21(4,5)10-14-29-20(2,3)9-11-23-17(26)8-13-24-18(27)6-7-19(24)28/h6-7H,8-15H2,1-5H3,(H,22,25)(H,23,26). The molecule has 1 aliphatic rings. The minimum atomic E-state index is -0.426. The van der Waals surface area contributed by atoms with E-state index in [0.717, 1.165) is 4.90 Å². The van der Waals surface area contributed by atoms with Gasteiger partial charge in [0.2, 0.25) is 11.8 Å². The largest absolute Gasteiger partial charge is 0.375 e. The van der Waals surface area contributed by atoms with Crippen LogP contribution in [0.15, 0.2) is 12.2 Å². The average molecular weight is 426 g/mol. The molecule has 9 heteroatoms. The first-order valence-electron chi connectivity index (χ1n) is 10.2. The maximum Gasteiger partial charge on any atom is 0.253 e. The third-order valence-corrected chi connectivity index (χ3v) is 4.68. The van der Waals surface area contributed by atoms with Gasteiger partial charge in [-0.25, -0.2) is 0 Å².